The predicted octanol–water partition coefficient (Wildman–Crippen LogP) is 1.96. The third-order valence-electron chi connectivity index (χ3n) is 3.96. The van der Waals surface area contributed by atoms with E-state index < -0.39 is 11.1 Å². The van der Waals surface area contributed by atoms with Gasteiger partial charge in [0.05, 0.1) is 6.20 Å². The van der Waals surface area contributed by atoms with Gasteiger partial charge < -0.3 is 14.2 Å². The summed E-state index contributed by atoms with van der Waals surface area (Å²) in [6.45, 7) is 3.65. The van der Waals surface area contributed by atoms with Crippen LogP contribution in [0.5, 0.6) is 5.75 Å². The summed E-state index contributed by atoms with van der Waals surface area (Å²) in [6, 6.07) is 13.9. The first-order valence-corrected chi connectivity index (χ1v) is 9.16. The SMILES string of the molecule is O=S(O)CN1CCN(c2ccc(OCc3ccccc3)cn2)CC1. The maximum absolute atomic E-state index is 10.9. The summed E-state index contributed by atoms with van der Waals surface area (Å²) < 4.78 is 25.5. The standard InChI is InChI=1S/C17H21N3O3S/c21-24(22)14-19-8-10-20(11-9-19)17-7-6-16(12-18-17)23-13-15-4-2-1-3-5-15/h1-7,12H,8-11,13-14H2,(H,21,22). The van der Waals surface area contributed by atoms with E-state index in [1.165, 1.54) is 0 Å². The van der Waals surface area contributed by atoms with Crippen LogP contribution >= 0.6 is 0 Å². The smallest absolute Gasteiger partial charge is 0.167 e. The lowest BCUT2D eigenvalue weighted by Gasteiger charge is -2.34. The van der Waals surface area contributed by atoms with Gasteiger partial charge >= 0.3 is 0 Å². The second kappa shape index (κ2) is 8.23. The normalized spacial score (nSPS) is 16.8. The Labute approximate surface area is 144 Å². The van der Waals surface area contributed by atoms with Crippen molar-refractivity contribution in [1.82, 2.24) is 9.88 Å². The van der Waals surface area contributed by atoms with Crippen LogP contribution in [0.3, 0.4) is 0 Å². The Balaban J connectivity index is 1.51. The van der Waals surface area contributed by atoms with E-state index in [9.17, 15) is 4.21 Å². The maximum atomic E-state index is 10.9. The second-order valence-corrected chi connectivity index (χ2v) is 6.58. The summed E-state index contributed by atoms with van der Waals surface area (Å²) in [5.41, 5.74) is 1.12. The average Bonchev–Trinajstić information content (AvgIpc) is 2.62. The molecule has 1 unspecified atom stereocenters. The molecule has 1 aromatic carbocycles. The summed E-state index contributed by atoms with van der Waals surface area (Å²) in [4.78, 5) is 8.64. The fourth-order valence-electron chi connectivity index (χ4n) is 2.65. The molecule has 128 valence electrons. The van der Waals surface area contributed by atoms with E-state index in [-0.39, 0.29) is 5.88 Å². The van der Waals surface area contributed by atoms with Crippen molar-refractivity contribution in [2.75, 3.05) is 37.0 Å². The first kappa shape index (κ1) is 16.9. The van der Waals surface area contributed by atoms with Crippen molar-refractivity contribution < 1.29 is 13.5 Å². The van der Waals surface area contributed by atoms with Crippen molar-refractivity contribution in [3.8, 4) is 5.75 Å². The molecule has 24 heavy (non-hydrogen) atoms. The number of aromatic nitrogens is 1. The molecule has 1 aliphatic heterocycles. The quantitative estimate of drug-likeness (QED) is 0.806. The number of piperazine rings is 1. The molecule has 0 radical (unpaired) electrons. The lowest BCUT2D eigenvalue weighted by Crippen LogP contribution is -2.47. The van der Waals surface area contributed by atoms with Gasteiger partial charge in [0.15, 0.2) is 11.1 Å². The van der Waals surface area contributed by atoms with E-state index in [1.807, 2.05) is 47.4 Å². The van der Waals surface area contributed by atoms with Crippen molar-refractivity contribution in [2.45, 2.75) is 6.61 Å². The van der Waals surface area contributed by atoms with Crippen LogP contribution in [-0.2, 0) is 17.7 Å². The first-order valence-electron chi connectivity index (χ1n) is 7.88. The summed E-state index contributed by atoms with van der Waals surface area (Å²) in [6.07, 6.45) is 1.74. The summed E-state index contributed by atoms with van der Waals surface area (Å²) in [5, 5.41) is 0. The van der Waals surface area contributed by atoms with Crippen LogP contribution in [0.15, 0.2) is 48.7 Å². The molecule has 0 aliphatic carbocycles. The molecule has 0 bridgehead atoms. The number of anilines is 1. The van der Waals surface area contributed by atoms with Crippen LogP contribution in [0, 0.1) is 0 Å². The van der Waals surface area contributed by atoms with Gasteiger partial charge in [-0.2, -0.15) is 0 Å². The van der Waals surface area contributed by atoms with Crippen molar-refractivity contribution >= 4 is 16.9 Å². The monoisotopic (exact) mass is 347 g/mol. The molecule has 7 heteroatoms. The number of rotatable bonds is 6. The summed E-state index contributed by atoms with van der Waals surface area (Å²) in [5.74, 6) is 1.87. The van der Waals surface area contributed by atoms with E-state index in [0.717, 1.165) is 43.3 Å². The molecule has 0 saturated carbocycles. The highest BCUT2D eigenvalue weighted by Gasteiger charge is 2.18. The minimum absolute atomic E-state index is 0.216. The van der Waals surface area contributed by atoms with Gasteiger partial charge in [-0.05, 0) is 17.7 Å². The summed E-state index contributed by atoms with van der Waals surface area (Å²) in [7, 11) is 0. The Morgan fingerprint density at radius 1 is 1.08 bits per heavy atom. The van der Waals surface area contributed by atoms with Gasteiger partial charge in [0.2, 0.25) is 0 Å². The lowest BCUT2D eigenvalue weighted by atomic mass is 10.2. The number of hydrogen-bond acceptors (Lipinski definition) is 5. The van der Waals surface area contributed by atoms with E-state index in [2.05, 4.69) is 9.88 Å². The van der Waals surface area contributed by atoms with Crippen molar-refractivity contribution in [1.29, 1.82) is 0 Å². The fourth-order valence-corrected chi connectivity index (χ4v) is 3.22. The number of ether oxygens (including phenoxy) is 1. The lowest BCUT2D eigenvalue weighted by molar-refractivity contribution is 0.291. The number of nitrogens with zero attached hydrogens (tertiary/aromatic N) is 3. The van der Waals surface area contributed by atoms with Gasteiger partial charge in [-0.25, -0.2) is 9.19 Å². The van der Waals surface area contributed by atoms with Gasteiger partial charge in [0.1, 0.15) is 24.1 Å². The minimum atomic E-state index is -1.77. The molecule has 6 nitrogen and oxygen atoms in total. The Kier molecular flexibility index (Phi) is 5.79. The number of pyridine rings is 1. The molecule has 3 rings (SSSR count). The molecule has 0 spiro atoms. The van der Waals surface area contributed by atoms with E-state index in [0.29, 0.717) is 6.61 Å². The van der Waals surface area contributed by atoms with Gasteiger partial charge in [-0.3, -0.25) is 4.90 Å². The third kappa shape index (κ3) is 4.77. The Morgan fingerprint density at radius 3 is 2.46 bits per heavy atom. The van der Waals surface area contributed by atoms with Crippen LogP contribution in [0.25, 0.3) is 0 Å². The van der Waals surface area contributed by atoms with Crippen molar-refractivity contribution in [2.24, 2.45) is 0 Å². The van der Waals surface area contributed by atoms with Crippen LogP contribution in [0.1, 0.15) is 5.56 Å². The molecule has 1 saturated heterocycles. The molecule has 1 N–H and O–H groups in total. The predicted molar refractivity (Wildman–Crippen MR) is 94.4 cm³/mol. The second-order valence-electron chi connectivity index (χ2n) is 5.68. The van der Waals surface area contributed by atoms with Crippen molar-refractivity contribution in [3.05, 3.63) is 54.2 Å². The van der Waals surface area contributed by atoms with Crippen LogP contribution in [-0.4, -0.2) is 50.7 Å². The third-order valence-corrected chi connectivity index (χ3v) is 4.54. The average molecular weight is 347 g/mol. The van der Waals surface area contributed by atoms with E-state index in [4.69, 9.17) is 9.29 Å². The van der Waals surface area contributed by atoms with E-state index >= 15 is 0 Å². The largest absolute Gasteiger partial charge is 0.487 e. The van der Waals surface area contributed by atoms with Crippen LogP contribution < -0.4 is 9.64 Å². The van der Waals surface area contributed by atoms with Gasteiger partial charge in [0, 0.05) is 26.2 Å². The van der Waals surface area contributed by atoms with Gasteiger partial charge in [-0.15, -0.1) is 0 Å². The zero-order valence-electron chi connectivity index (χ0n) is 13.4. The molecule has 2 heterocycles. The van der Waals surface area contributed by atoms with Crippen LogP contribution in [0.4, 0.5) is 5.82 Å². The van der Waals surface area contributed by atoms with Gasteiger partial charge in [0.25, 0.3) is 0 Å². The molecule has 1 atom stereocenters. The Morgan fingerprint density at radius 2 is 1.83 bits per heavy atom. The van der Waals surface area contributed by atoms with Crippen LogP contribution in [0.2, 0.25) is 0 Å². The zero-order valence-corrected chi connectivity index (χ0v) is 14.2. The van der Waals surface area contributed by atoms with Gasteiger partial charge in [-0.1, -0.05) is 30.3 Å². The molecule has 1 aromatic heterocycles. The zero-order chi connectivity index (χ0) is 16.8. The molecule has 0 amide bonds. The Bertz CT molecular complexity index is 659. The molecule has 1 aliphatic rings. The number of benzene rings is 1. The minimum Gasteiger partial charge on any atom is -0.487 e. The molecular formula is C17H21N3O3S. The highest BCUT2D eigenvalue weighted by molar-refractivity contribution is 7.79. The fraction of sp³-hybridized carbons (Fsp3) is 0.353. The molecule has 2 aromatic rings. The topological polar surface area (TPSA) is 65.9 Å². The van der Waals surface area contributed by atoms with Crippen molar-refractivity contribution in [3.63, 3.8) is 0 Å². The highest BCUT2D eigenvalue weighted by Crippen LogP contribution is 2.18. The maximum Gasteiger partial charge on any atom is 0.167 e. The highest BCUT2D eigenvalue weighted by atomic mass is 32.2. The Hall–Kier alpha value is -1.96. The molecule has 1 fully saturated rings. The first-order chi connectivity index (χ1) is 11.7. The molecular weight excluding hydrogens is 326 g/mol. The van der Waals surface area contributed by atoms with E-state index in [1.54, 1.807) is 6.20 Å². The number of hydrogen-bond donors (Lipinski definition) is 1. The summed E-state index contributed by atoms with van der Waals surface area (Å²) >= 11 is -1.77.